The third kappa shape index (κ3) is 3.42. The van der Waals surface area contributed by atoms with Crippen molar-refractivity contribution in [3.8, 4) is 34.3 Å². The van der Waals surface area contributed by atoms with E-state index in [0.717, 1.165) is 24.0 Å². The Morgan fingerprint density at radius 1 is 1.00 bits per heavy atom. The number of hydrogen-bond acceptors (Lipinski definition) is 6. The molecule has 5 rings (SSSR count). The number of nitrogens with one attached hydrogen (secondary N) is 1. The third-order valence-electron chi connectivity index (χ3n) is 5.79. The van der Waals surface area contributed by atoms with Gasteiger partial charge in [-0.05, 0) is 54.8 Å². The first-order chi connectivity index (χ1) is 15.1. The summed E-state index contributed by atoms with van der Waals surface area (Å²) >= 11 is 0. The molecule has 0 bridgehead atoms. The molecule has 1 aromatic heterocycles. The second kappa shape index (κ2) is 7.50. The van der Waals surface area contributed by atoms with Gasteiger partial charge >= 0.3 is 0 Å². The maximum absolute atomic E-state index is 13.2. The molecule has 1 amide bonds. The summed E-state index contributed by atoms with van der Waals surface area (Å²) in [5.41, 5.74) is 1.89. The summed E-state index contributed by atoms with van der Waals surface area (Å²) in [5, 5.41) is 2.99. The number of aromatic nitrogens is 1. The highest BCUT2D eigenvalue weighted by atomic mass is 16.7. The summed E-state index contributed by atoms with van der Waals surface area (Å²) in [5.74, 6) is 3.16. The Balaban J connectivity index is 1.39. The molecular formula is C24H22N2O5. The Morgan fingerprint density at radius 3 is 2.61 bits per heavy atom. The van der Waals surface area contributed by atoms with Crippen molar-refractivity contribution in [1.29, 1.82) is 0 Å². The maximum Gasteiger partial charge on any atom is 0.236 e. The quantitative estimate of drug-likeness (QED) is 0.648. The Bertz CT molecular complexity index is 1160. The molecule has 3 aromatic rings. The Morgan fingerprint density at radius 2 is 1.84 bits per heavy atom. The van der Waals surface area contributed by atoms with Crippen LogP contribution in [0.5, 0.6) is 23.0 Å². The molecule has 0 atom stereocenters. The van der Waals surface area contributed by atoms with Crippen molar-refractivity contribution in [3.63, 3.8) is 0 Å². The standard InChI is InChI=1S/C24H22N2O5/c1-28-16-7-8-17(20(13-16)29-2)18-4-3-5-22(25-18)26-23(27)24(10-11-24)15-6-9-19-21(12-15)31-14-30-19/h3-9,12-13H,10-11,14H2,1-2H3,(H,25,26,27). The van der Waals surface area contributed by atoms with Crippen LogP contribution < -0.4 is 24.3 Å². The molecule has 1 aliphatic heterocycles. The average Bonchev–Trinajstić information content (AvgIpc) is 3.49. The van der Waals surface area contributed by atoms with Crippen LogP contribution in [0, 0.1) is 0 Å². The molecule has 0 saturated heterocycles. The Hall–Kier alpha value is -3.74. The number of benzene rings is 2. The molecule has 1 aliphatic carbocycles. The fourth-order valence-corrected chi connectivity index (χ4v) is 3.87. The van der Waals surface area contributed by atoms with E-state index in [2.05, 4.69) is 10.3 Å². The van der Waals surface area contributed by atoms with E-state index in [1.807, 2.05) is 42.5 Å². The van der Waals surface area contributed by atoms with Gasteiger partial charge < -0.3 is 24.3 Å². The molecule has 158 valence electrons. The molecule has 7 nitrogen and oxygen atoms in total. The molecular weight excluding hydrogens is 396 g/mol. The number of amides is 1. The molecule has 0 unspecified atom stereocenters. The monoisotopic (exact) mass is 418 g/mol. The molecule has 2 aromatic carbocycles. The van der Waals surface area contributed by atoms with E-state index < -0.39 is 5.41 Å². The van der Waals surface area contributed by atoms with Gasteiger partial charge in [0.25, 0.3) is 0 Å². The summed E-state index contributed by atoms with van der Waals surface area (Å²) in [4.78, 5) is 17.8. The smallest absolute Gasteiger partial charge is 0.236 e. The summed E-state index contributed by atoms with van der Waals surface area (Å²) in [6, 6.07) is 16.8. The highest BCUT2D eigenvalue weighted by molar-refractivity contribution is 6.01. The SMILES string of the molecule is COc1ccc(-c2cccc(NC(=O)C3(c4ccc5c(c4)OCO5)CC3)n2)c(OC)c1. The van der Waals surface area contributed by atoms with Crippen LogP contribution in [0.2, 0.25) is 0 Å². The van der Waals surface area contributed by atoms with Gasteiger partial charge in [-0.15, -0.1) is 0 Å². The summed E-state index contributed by atoms with van der Waals surface area (Å²) < 4.78 is 21.6. The zero-order chi connectivity index (χ0) is 21.4. The lowest BCUT2D eigenvalue weighted by Crippen LogP contribution is -2.28. The number of methoxy groups -OCH3 is 2. The largest absolute Gasteiger partial charge is 0.497 e. The summed E-state index contributed by atoms with van der Waals surface area (Å²) in [6.45, 7) is 0.212. The number of hydrogen-bond donors (Lipinski definition) is 1. The molecule has 0 spiro atoms. The van der Waals surface area contributed by atoms with Crippen LogP contribution in [0.3, 0.4) is 0 Å². The van der Waals surface area contributed by atoms with E-state index in [0.29, 0.717) is 34.5 Å². The number of carbonyl (C=O) groups excluding carboxylic acids is 1. The van der Waals surface area contributed by atoms with Crippen LogP contribution in [0.4, 0.5) is 5.82 Å². The number of ether oxygens (including phenoxy) is 4. The number of carbonyl (C=O) groups is 1. The van der Waals surface area contributed by atoms with E-state index in [1.165, 1.54) is 0 Å². The number of fused-ring (bicyclic) bond motifs is 1. The second-order valence-electron chi connectivity index (χ2n) is 7.58. The van der Waals surface area contributed by atoms with Crippen molar-refractivity contribution in [1.82, 2.24) is 4.98 Å². The first kappa shape index (κ1) is 19.2. The third-order valence-corrected chi connectivity index (χ3v) is 5.79. The predicted octanol–water partition coefficient (Wildman–Crippen LogP) is 4.16. The van der Waals surface area contributed by atoms with E-state index in [-0.39, 0.29) is 12.7 Å². The molecule has 1 N–H and O–H groups in total. The fraction of sp³-hybridized carbons (Fsp3) is 0.250. The van der Waals surface area contributed by atoms with Gasteiger partial charge in [0.15, 0.2) is 11.5 Å². The normalized spacial score (nSPS) is 15.3. The first-order valence-corrected chi connectivity index (χ1v) is 10.0. The molecule has 2 heterocycles. The molecule has 31 heavy (non-hydrogen) atoms. The van der Waals surface area contributed by atoms with E-state index in [9.17, 15) is 4.79 Å². The Kier molecular flexibility index (Phi) is 4.66. The fourth-order valence-electron chi connectivity index (χ4n) is 3.87. The van der Waals surface area contributed by atoms with E-state index in [1.54, 1.807) is 26.4 Å². The van der Waals surface area contributed by atoms with Crippen LogP contribution >= 0.6 is 0 Å². The van der Waals surface area contributed by atoms with Gasteiger partial charge in [-0.2, -0.15) is 0 Å². The van der Waals surface area contributed by atoms with Crippen molar-refractivity contribution in [2.24, 2.45) is 0 Å². The van der Waals surface area contributed by atoms with Crippen molar-refractivity contribution >= 4 is 11.7 Å². The van der Waals surface area contributed by atoms with Crippen LogP contribution in [0.1, 0.15) is 18.4 Å². The predicted molar refractivity (Wildman–Crippen MR) is 115 cm³/mol. The number of nitrogens with zero attached hydrogens (tertiary/aromatic N) is 1. The minimum Gasteiger partial charge on any atom is -0.497 e. The highest BCUT2D eigenvalue weighted by Gasteiger charge is 2.51. The van der Waals surface area contributed by atoms with Gasteiger partial charge in [0.1, 0.15) is 17.3 Å². The van der Waals surface area contributed by atoms with Crippen LogP contribution in [-0.2, 0) is 10.2 Å². The molecule has 1 fully saturated rings. The molecule has 0 radical (unpaired) electrons. The lowest BCUT2D eigenvalue weighted by Gasteiger charge is -2.16. The van der Waals surface area contributed by atoms with Gasteiger partial charge in [-0.25, -0.2) is 4.98 Å². The summed E-state index contributed by atoms with van der Waals surface area (Å²) in [7, 11) is 3.21. The highest BCUT2D eigenvalue weighted by Crippen LogP contribution is 2.51. The van der Waals surface area contributed by atoms with Crippen LogP contribution in [0.15, 0.2) is 54.6 Å². The molecule has 1 saturated carbocycles. The van der Waals surface area contributed by atoms with Gasteiger partial charge in [0, 0.05) is 11.6 Å². The van der Waals surface area contributed by atoms with Gasteiger partial charge in [-0.1, -0.05) is 12.1 Å². The zero-order valence-electron chi connectivity index (χ0n) is 17.3. The van der Waals surface area contributed by atoms with Gasteiger partial charge in [0.05, 0.1) is 25.3 Å². The van der Waals surface area contributed by atoms with Crippen molar-refractivity contribution < 1.29 is 23.7 Å². The topological polar surface area (TPSA) is 78.9 Å². The van der Waals surface area contributed by atoms with Crippen LogP contribution in [-0.4, -0.2) is 31.9 Å². The van der Waals surface area contributed by atoms with Crippen molar-refractivity contribution in [3.05, 3.63) is 60.2 Å². The molecule has 2 aliphatic rings. The minimum absolute atomic E-state index is 0.0716. The van der Waals surface area contributed by atoms with Crippen molar-refractivity contribution in [2.45, 2.75) is 18.3 Å². The zero-order valence-corrected chi connectivity index (χ0v) is 17.3. The average molecular weight is 418 g/mol. The minimum atomic E-state index is -0.559. The van der Waals surface area contributed by atoms with Crippen LogP contribution in [0.25, 0.3) is 11.3 Å². The number of pyridine rings is 1. The number of rotatable bonds is 6. The van der Waals surface area contributed by atoms with Crippen molar-refractivity contribution in [2.75, 3.05) is 26.3 Å². The van der Waals surface area contributed by atoms with E-state index in [4.69, 9.17) is 18.9 Å². The molecule has 7 heteroatoms. The lowest BCUT2D eigenvalue weighted by molar-refractivity contribution is -0.118. The Labute approximate surface area is 179 Å². The van der Waals surface area contributed by atoms with E-state index >= 15 is 0 Å². The number of anilines is 1. The first-order valence-electron chi connectivity index (χ1n) is 10.0. The maximum atomic E-state index is 13.2. The second-order valence-corrected chi connectivity index (χ2v) is 7.58. The van der Waals surface area contributed by atoms with Gasteiger partial charge in [-0.3, -0.25) is 4.79 Å². The summed E-state index contributed by atoms with van der Waals surface area (Å²) in [6.07, 6.45) is 1.56. The lowest BCUT2D eigenvalue weighted by atomic mass is 9.94. The van der Waals surface area contributed by atoms with Gasteiger partial charge in [0.2, 0.25) is 12.7 Å².